The molecular weight excluding hydrogens is 190 g/mol. The number of rotatable bonds is 8. The zero-order valence-corrected chi connectivity index (χ0v) is 10.3. The molecule has 0 bridgehead atoms. The lowest BCUT2D eigenvalue weighted by Gasteiger charge is -2.09. The molecular formula is C11H25N3O. The Kier molecular flexibility index (Phi) is 8.33. The number of nitrogens with two attached hydrogens (primary N) is 1. The van der Waals surface area contributed by atoms with Gasteiger partial charge < -0.3 is 16.0 Å². The van der Waals surface area contributed by atoms with Gasteiger partial charge in [0.15, 0.2) is 0 Å². The van der Waals surface area contributed by atoms with Crippen molar-refractivity contribution in [3.05, 3.63) is 0 Å². The lowest BCUT2D eigenvalue weighted by atomic mass is 10.2. The van der Waals surface area contributed by atoms with Gasteiger partial charge >= 0.3 is 0 Å². The molecule has 0 aliphatic heterocycles. The van der Waals surface area contributed by atoms with Crippen molar-refractivity contribution in [3.8, 4) is 0 Å². The van der Waals surface area contributed by atoms with Crippen molar-refractivity contribution in [2.75, 3.05) is 27.2 Å². The summed E-state index contributed by atoms with van der Waals surface area (Å²) >= 11 is 0. The first-order valence-electron chi connectivity index (χ1n) is 5.69. The summed E-state index contributed by atoms with van der Waals surface area (Å²) in [6, 6.07) is 0.115. The second-order valence-electron chi connectivity index (χ2n) is 4.38. The van der Waals surface area contributed by atoms with E-state index in [4.69, 9.17) is 5.73 Å². The Morgan fingerprint density at radius 2 is 2.07 bits per heavy atom. The van der Waals surface area contributed by atoms with Crippen LogP contribution in [0.5, 0.6) is 0 Å². The predicted molar refractivity (Wildman–Crippen MR) is 63.7 cm³/mol. The van der Waals surface area contributed by atoms with Gasteiger partial charge in [0.1, 0.15) is 0 Å². The number of unbranched alkanes of at least 4 members (excludes halogenated alkanes) is 1. The Labute approximate surface area is 93.2 Å². The molecule has 0 aliphatic rings. The maximum absolute atomic E-state index is 11.3. The van der Waals surface area contributed by atoms with Crippen LogP contribution in [-0.2, 0) is 4.79 Å². The number of nitrogens with zero attached hydrogens (tertiary/aromatic N) is 1. The average Bonchev–Trinajstić information content (AvgIpc) is 2.13. The molecule has 0 rings (SSSR count). The van der Waals surface area contributed by atoms with E-state index in [2.05, 4.69) is 24.3 Å². The summed E-state index contributed by atoms with van der Waals surface area (Å²) in [5.41, 5.74) is 5.56. The molecule has 1 unspecified atom stereocenters. The van der Waals surface area contributed by atoms with E-state index in [1.807, 2.05) is 6.92 Å². The van der Waals surface area contributed by atoms with Gasteiger partial charge in [0.25, 0.3) is 0 Å². The number of hydrogen-bond acceptors (Lipinski definition) is 3. The fourth-order valence-electron chi connectivity index (χ4n) is 1.23. The van der Waals surface area contributed by atoms with Gasteiger partial charge in [-0.05, 0) is 46.8 Å². The minimum Gasteiger partial charge on any atom is -0.356 e. The van der Waals surface area contributed by atoms with Crippen molar-refractivity contribution in [2.45, 2.75) is 38.6 Å². The van der Waals surface area contributed by atoms with Crippen molar-refractivity contribution in [2.24, 2.45) is 5.73 Å². The second kappa shape index (κ2) is 8.68. The molecule has 3 N–H and O–H groups in total. The minimum absolute atomic E-state index is 0.115. The zero-order valence-electron chi connectivity index (χ0n) is 10.3. The highest BCUT2D eigenvalue weighted by molar-refractivity contribution is 5.75. The van der Waals surface area contributed by atoms with Gasteiger partial charge in [-0.1, -0.05) is 0 Å². The van der Waals surface area contributed by atoms with Crippen LogP contribution in [0.2, 0.25) is 0 Å². The molecule has 1 atom stereocenters. The summed E-state index contributed by atoms with van der Waals surface area (Å²) in [5, 5.41) is 2.90. The SMILES string of the molecule is CC(N)CCC(=O)NCCCCN(C)C. The molecule has 0 saturated carbocycles. The van der Waals surface area contributed by atoms with E-state index in [1.54, 1.807) is 0 Å². The highest BCUT2D eigenvalue weighted by Gasteiger charge is 2.02. The predicted octanol–water partition coefficient (Wildman–Crippen LogP) is 0.572. The smallest absolute Gasteiger partial charge is 0.220 e. The first kappa shape index (κ1) is 14.4. The van der Waals surface area contributed by atoms with Gasteiger partial charge in [-0.15, -0.1) is 0 Å². The largest absolute Gasteiger partial charge is 0.356 e. The summed E-state index contributed by atoms with van der Waals surface area (Å²) in [4.78, 5) is 13.4. The van der Waals surface area contributed by atoms with Gasteiger partial charge in [0, 0.05) is 19.0 Å². The summed E-state index contributed by atoms with van der Waals surface area (Å²) in [6.07, 6.45) is 3.48. The molecule has 1 amide bonds. The van der Waals surface area contributed by atoms with Crippen molar-refractivity contribution in [1.29, 1.82) is 0 Å². The monoisotopic (exact) mass is 215 g/mol. The lowest BCUT2D eigenvalue weighted by Crippen LogP contribution is -2.27. The quantitative estimate of drug-likeness (QED) is 0.582. The molecule has 0 aromatic heterocycles. The molecule has 4 nitrogen and oxygen atoms in total. The van der Waals surface area contributed by atoms with Crippen LogP contribution >= 0.6 is 0 Å². The van der Waals surface area contributed by atoms with Crippen LogP contribution in [0.4, 0.5) is 0 Å². The van der Waals surface area contributed by atoms with E-state index in [-0.39, 0.29) is 11.9 Å². The fourth-order valence-corrected chi connectivity index (χ4v) is 1.23. The van der Waals surface area contributed by atoms with Crippen LogP contribution in [0, 0.1) is 0 Å². The lowest BCUT2D eigenvalue weighted by molar-refractivity contribution is -0.121. The average molecular weight is 215 g/mol. The fraction of sp³-hybridized carbons (Fsp3) is 0.909. The third-order valence-corrected chi connectivity index (χ3v) is 2.18. The molecule has 0 heterocycles. The van der Waals surface area contributed by atoms with Gasteiger partial charge in [-0.3, -0.25) is 4.79 Å². The molecule has 0 spiro atoms. The van der Waals surface area contributed by atoms with Gasteiger partial charge in [-0.25, -0.2) is 0 Å². The second-order valence-corrected chi connectivity index (χ2v) is 4.38. The molecule has 0 fully saturated rings. The Morgan fingerprint density at radius 3 is 2.60 bits per heavy atom. The number of carbonyl (C=O) groups excluding carboxylic acids is 1. The number of amides is 1. The minimum atomic E-state index is 0.115. The first-order valence-corrected chi connectivity index (χ1v) is 5.69. The van der Waals surface area contributed by atoms with Crippen LogP contribution in [0.3, 0.4) is 0 Å². The van der Waals surface area contributed by atoms with E-state index >= 15 is 0 Å². The summed E-state index contributed by atoms with van der Waals surface area (Å²) in [6.45, 7) is 3.78. The van der Waals surface area contributed by atoms with E-state index < -0.39 is 0 Å². The van der Waals surface area contributed by atoms with E-state index in [0.717, 1.165) is 32.4 Å². The maximum Gasteiger partial charge on any atom is 0.220 e. The van der Waals surface area contributed by atoms with Crippen molar-refractivity contribution < 1.29 is 4.79 Å². The topological polar surface area (TPSA) is 58.4 Å². The van der Waals surface area contributed by atoms with E-state index in [9.17, 15) is 4.79 Å². The first-order chi connectivity index (χ1) is 7.02. The number of nitrogens with one attached hydrogen (secondary N) is 1. The molecule has 0 saturated heterocycles. The van der Waals surface area contributed by atoms with Gasteiger partial charge in [0.05, 0.1) is 0 Å². The van der Waals surface area contributed by atoms with Crippen molar-refractivity contribution in [1.82, 2.24) is 10.2 Å². The third-order valence-electron chi connectivity index (χ3n) is 2.18. The molecule has 90 valence electrons. The Bertz CT molecular complexity index is 169. The third kappa shape index (κ3) is 11.3. The van der Waals surface area contributed by atoms with Crippen molar-refractivity contribution in [3.63, 3.8) is 0 Å². The highest BCUT2D eigenvalue weighted by Crippen LogP contribution is 1.94. The standard InChI is InChI=1S/C11H25N3O/c1-10(12)6-7-11(15)13-8-4-5-9-14(2)3/h10H,4-9,12H2,1-3H3,(H,13,15). The Morgan fingerprint density at radius 1 is 1.40 bits per heavy atom. The molecule has 0 aromatic carbocycles. The Hall–Kier alpha value is -0.610. The van der Waals surface area contributed by atoms with Gasteiger partial charge in [0.2, 0.25) is 5.91 Å². The number of hydrogen-bond donors (Lipinski definition) is 2. The van der Waals surface area contributed by atoms with Crippen molar-refractivity contribution >= 4 is 5.91 Å². The molecule has 0 radical (unpaired) electrons. The van der Waals surface area contributed by atoms with Crippen LogP contribution in [-0.4, -0.2) is 44.0 Å². The Balaban J connectivity index is 3.24. The highest BCUT2D eigenvalue weighted by atomic mass is 16.1. The van der Waals surface area contributed by atoms with Crippen LogP contribution in [0.15, 0.2) is 0 Å². The van der Waals surface area contributed by atoms with Crippen LogP contribution in [0.1, 0.15) is 32.6 Å². The van der Waals surface area contributed by atoms with Gasteiger partial charge in [-0.2, -0.15) is 0 Å². The molecule has 4 heteroatoms. The molecule has 15 heavy (non-hydrogen) atoms. The summed E-state index contributed by atoms with van der Waals surface area (Å²) in [5.74, 6) is 0.122. The van der Waals surface area contributed by atoms with E-state index in [1.165, 1.54) is 0 Å². The molecule has 0 aromatic rings. The van der Waals surface area contributed by atoms with Crippen LogP contribution in [0.25, 0.3) is 0 Å². The summed E-state index contributed by atoms with van der Waals surface area (Å²) < 4.78 is 0. The van der Waals surface area contributed by atoms with E-state index in [0.29, 0.717) is 6.42 Å². The number of carbonyl (C=O) groups is 1. The van der Waals surface area contributed by atoms with Crippen LogP contribution < -0.4 is 11.1 Å². The normalized spacial score (nSPS) is 12.9. The summed E-state index contributed by atoms with van der Waals surface area (Å²) in [7, 11) is 4.11. The molecule has 0 aliphatic carbocycles. The zero-order chi connectivity index (χ0) is 11.7. The maximum atomic E-state index is 11.3.